The largest absolute Gasteiger partial charge is 0.390 e. The zero-order valence-corrected chi connectivity index (χ0v) is 16.9. The van der Waals surface area contributed by atoms with E-state index in [4.69, 9.17) is 0 Å². The third kappa shape index (κ3) is 4.40. The third-order valence-electron chi connectivity index (χ3n) is 5.67. The van der Waals surface area contributed by atoms with Crippen molar-refractivity contribution in [3.8, 4) is 0 Å². The first kappa shape index (κ1) is 21.6. The first-order chi connectivity index (χ1) is 11.7. The Morgan fingerprint density at radius 1 is 1.04 bits per heavy atom. The van der Waals surface area contributed by atoms with Crippen molar-refractivity contribution >= 4 is 30.6 Å². The minimum atomic E-state index is -0.303. The molecule has 1 aromatic heterocycles. The van der Waals surface area contributed by atoms with Crippen LogP contribution in [-0.2, 0) is 12.8 Å². The second kappa shape index (κ2) is 9.48. The van der Waals surface area contributed by atoms with Crippen LogP contribution in [0.1, 0.15) is 11.3 Å². The molecule has 1 aromatic rings. The molecule has 0 radical (unpaired) electrons. The number of fused-ring (bicyclic) bond motifs is 1. The molecule has 4 heterocycles. The Morgan fingerprint density at radius 3 is 2.54 bits per heavy atom. The zero-order chi connectivity index (χ0) is 16.5. The van der Waals surface area contributed by atoms with Crippen molar-refractivity contribution < 1.29 is 5.11 Å². The quantitative estimate of drug-likeness (QED) is 0.707. The fraction of sp³-hybridized carbons (Fsp3) is 0.765. The van der Waals surface area contributed by atoms with Crippen LogP contribution in [0.5, 0.6) is 0 Å². The van der Waals surface area contributed by atoms with Crippen LogP contribution in [0.15, 0.2) is 6.33 Å². The summed E-state index contributed by atoms with van der Waals surface area (Å²) in [4.78, 5) is 16.2. The van der Waals surface area contributed by atoms with E-state index in [-0.39, 0.29) is 37.0 Å². The molecule has 0 bridgehead atoms. The molecule has 0 spiro atoms. The molecule has 0 aromatic carbocycles. The number of likely N-dealkylation sites (N-methyl/N-ethyl adjacent to an activating group) is 1. The van der Waals surface area contributed by atoms with Crippen molar-refractivity contribution in [3.63, 3.8) is 0 Å². The Hall–Kier alpha value is -0.700. The summed E-state index contributed by atoms with van der Waals surface area (Å²) in [6, 6.07) is 0.216. The molecule has 148 valence electrons. The standard InChI is InChI=1S/C17H28N6O.2ClH/c1-21-6-8-22(9-7-21)15-10-23(11-16(15)24)17-13-2-4-18-5-3-14(13)19-12-20-17;;/h12,15-16,18,24H,2-11H2,1H3;2*1H/t15-,16-;;/m0../s1. The molecule has 4 rings (SSSR count). The maximum absolute atomic E-state index is 10.6. The second-order valence-corrected chi connectivity index (χ2v) is 7.25. The molecule has 2 fully saturated rings. The Kier molecular flexibility index (Phi) is 7.88. The number of nitrogens with zero attached hydrogens (tertiary/aromatic N) is 5. The van der Waals surface area contributed by atoms with Crippen LogP contribution in [0.25, 0.3) is 0 Å². The normalized spacial score (nSPS) is 27.2. The summed E-state index contributed by atoms with van der Waals surface area (Å²) >= 11 is 0. The van der Waals surface area contributed by atoms with Gasteiger partial charge in [-0.15, -0.1) is 24.8 Å². The highest BCUT2D eigenvalue weighted by molar-refractivity contribution is 5.85. The Balaban J connectivity index is 0.00000121. The van der Waals surface area contributed by atoms with Gasteiger partial charge in [-0.25, -0.2) is 9.97 Å². The summed E-state index contributed by atoms with van der Waals surface area (Å²) in [5, 5.41) is 14.1. The molecular weight excluding hydrogens is 375 g/mol. The molecule has 3 aliphatic rings. The van der Waals surface area contributed by atoms with E-state index < -0.39 is 0 Å². The molecule has 9 heteroatoms. The summed E-state index contributed by atoms with van der Waals surface area (Å²) in [6.45, 7) is 7.74. The maximum atomic E-state index is 10.6. The van der Waals surface area contributed by atoms with Gasteiger partial charge in [0.25, 0.3) is 0 Å². The molecule has 2 atom stereocenters. The average molecular weight is 405 g/mol. The van der Waals surface area contributed by atoms with E-state index in [0.29, 0.717) is 6.54 Å². The van der Waals surface area contributed by atoms with Gasteiger partial charge in [-0.1, -0.05) is 0 Å². The Bertz CT molecular complexity index is 584. The van der Waals surface area contributed by atoms with Crippen LogP contribution in [0, 0.1) is 0 Å². The number of β-amino-alcohol motifs (C(OH)–C–C–N with tert-alkyl or cyclic N) is 1. The van der Waals surface area contributed by atoms with E-state index in [1.807, 2.05) is 0 Å². The van der Waals surface area contributed by atoms with Crippen molar-refractivity contribution in [2.45, 2.75) is 25.0 Å². The third-order valence-corrected chi connectivity index (χ3v) is 5.67. The zero-order valence-electron chi connectivity index (χ0n) is 15.3. The van der Waals surface area contributed by atoms with Crippen LogP contribution in [0.2, 0.25) is 0 Å². The summed E-state index contributed by atoms with van der Waals surface area (Å²) in [6.07, 6.45) is 3.32. The molecule has 26 heavy (non-hydrogen) atoms. The van der Waals surface area contributed by atoms with E-state index in [1.54, 1.807) is 6.33 Å². The Labute approximate surface area is 168 Å². The smallest absolute Gasteiger partial charge is 0.135 e. The minimum Gasteiger partial charge on any atom is -0.390 e. The van der Waals surface area contributed by atoms with Crippen molar-refractivity contribution in [1.29, 1.82) is 0 Å². The number of piperazine rings is 1. The van der Waals surface area contributed by atoms with Crippen LogP contribution >= 0.6 is 24.8 Å². The lowest BCUT2D eigenvalue weighted by Gasteiger charge is -2.37. The highest BCUT2D eigenvalue weighted by Crippen LogP contribution is 2.27. The molecule has 3 aliphatic heterocycles. The topological polar surface area (TPSA) is 67.8 Å². The van der Waals surface area contributed by atoms with Gasteiger partial charge in [-0.05, 0) is 20.0 Å². The summed E-state index contributed by atoms with van der Waals surface area (Å²) in [5.41, 5.74) is 2.44. The van der Waals surface area contributed by atoms with E-state index in [2.05, 4.69) is 37.0 Å². The lowest BCUT2D eigenvalue weighted by Crippen LogP contribution is -2.52. The van der Waals surface area contributed by atoms with Gasteiger partial charge in [0.15, 0.2) is 0 Å². The average Bonchev–Trinajstić information content (AvgIpc) is 2.81. The highest BCUT2D eigenvalue weighted by Gasteiger charge is 2.38. The lowest BCUT2D eigenvalue weighted by atomic mass is 10.1. The van der Waals surface area contributed by atoms with E-state index in [9.17, 15) is 5.11 Å². The van der Waals surface area contributed by atoms with Gasteiger partial charge in [-0.2, -0.15) is 0 Å². The van der Waals surface area contributed by atoms with Gasteiger partial charge in [0.05, 0.1) is 17.8 Å². The predicted molar refractivity (Wildman–Crippen MR) is 108 cm³/mol. The lowest BCUT2D eigenvalue weighted by molar-refractivity contribution is 0.0512. The molecular formula is C17H30Cl2N6O. The molecule has 2 saturated heterocycles. The first-order valence-corrected chi connectivity index (χ1v) is 9.11. The van der Waals surface area contributed by atoms with Crippen LogP contribution in [0.4, 0.5) is 5.82 Å². The molecule has 0 aliphatic carbocycles. The molecule has 7 nitrogen and oxygen atoms in total. The molecule has 0 saturated carbocycles. The minimum absolute atomic E-state index is 0. The number of halogens is 2. The van der Waals surface area contributed by atoms with Gasteiger partial charge in [0, 0.05) is 57.8 Å². The van der Waals surface area contributed by atoms with E-state index >= 15 is 0 Å². The number of anilines is 1. The van der Waals surface area contributed by atoms with Crippen LogP contribution in [-0.4, -0.2) is 96.4 Å². The van der Waals surface area contributed by atoms with Gasteiger partial charge >= 0.3 is 0 Å². The van der Waals surface area contributed by atoms with Gasteiger partial charge in [0.2, 0.25) is 0 Å². The van der Waals surface area contributed by atoms with Crippen molar-refractivity contribution in [2.75, 3.05) is 64.3 Å². The first-order valence-electron chi connectivity index (χ1n) is 9.11. The summed E-state index contributed by atoms with van der Waals surface area (Å²) < 4.78 is 0. The number of aromatic nitrogens is 2. The van der Waals surface area contributed by atoms with Crippen LogP contribution < -0.4 is 10.2 Å². The maximum Gasteiger partial charge on any atom is 0.135 e. The number of aliphatic hydroxyl groups is 1. The van der Waals surface area contributed by atoms with Crippen molar-refractivity contribution in [3.05, 3.63) is 17.6 Å². The van der Waals surface area contributed by atoms with Gasteiger partial charge in [0.1, 0.15) is 12.1 Å². The van der Waals surface area contributed by atoms with Crippen molar-refractivity contribution in [1.82, 2.24) is 25.1 Å². The molecule has 2 N–H and O–H groups in total. The number of aliphatic hydroxyl groups excluding tert-OH is 1. The fourth-order valence-corrected chi connectivity index (χ4v) is 4.18. The monoisotopic (exact) mass is 404 g/mol. The number of hydrogen-bond acceptors (Lipinski definition) is 7. The van der Waals surface area contributed by atoms with Gasteiger partial charge in [-0.3, -0.25) is 4.90 Å². The predicted octanol–water partition coefficient (Wildman–Crippen LogP) is -0.195. The summed E-state index contributed by atoms with van der Waals surface area (Å²) in [5.74, 6) is 1.04. The summed E-state index contributed by atoms with van der Waals surface area (Å²) in [7, 11) is 2.17. The second-order valence-electron chi connectivity index (χ2n) is 7.25. The Morgan fingerprint density at radius 2 is 1.77 bits per heavy atom. The number of nitrogens with one attached hydrogen (secondary N) is 1. The molecule has 0 amide bonds. The number of rotatable bonds is 2. The SMILES string of the molecule is CN1CCN([C@H]2CN(c3ncnc4c3CCNCC4)C[C@@H]2O)CC1.Cl.Cl. The molecule has 0 unspecified atom stereocenters. The fourth-order valence-electron chi connectivity index (χ4n) is 4.18. The highest BCUT2D eigenvalue weighted by atomic mass is 35.5. The number of hydrogen-bond donors (Lipinski definition) is 2. The van der Waals surface area contributed by atoms with Gasteiger partial charge < -0.3 is 20.2 Å². The van der Waals surface area contributed by atoms with Crippen LogP contribution in [0.3, 0.4) is 0 Å². The van der Waals surface area contributed by atoms with E-state index in [0.717, 1.165) is 64.5 Å². The van der Waals surface area contributed by atoms with E-state index in [1.165, 1.54) is 11.3 Å². The van der Waals surface area contributed by atoms with Crippen molar-refractivity contribution in [2.24, 2.45) is 0 Å².